The molecule has 1 aromatic heterocycles. The van der Waals surface area contributed by atoms with Gasteiger partial charge in [-0.15, -0.1) is 0 Å². The molecule has 0 spiro atoms. The minimum Gasteiger partial charge on any atom is -0.343 e. The lowest BCUT2D eigenvalue weighted by molar-refractivity contribution is 0.381. The van der Waals surface area contributed by atoms with Crippen molar-refractivity contribution in [2.24, 2.45) is 0 Å². The van der Waals surface area contributed by atoms with Gasteiger partial charge in [-0.1, -0.05) is 0 Å². The molecule has 2 atom stereocenters. The van der Waals surface area contributed by atoms with Crippen LogP contribution in [0.3, 0.4) is 0 Å². The van der Waals surface area contributed by atoms with Crippen LogP contribution in [0.25, 0.3) is 10.9 Å². The van der Waals surface area contributed by atoms with E-state index in [9.17, 15) is 8.78 Å². The molecule has 1 aliphatic rings. The molecule has 17 heavy (non-hydrogen) atoms. The number of likely N-dealkylation sites (N-methyl/N-ethyl adjacent to an activating group) is 1. The van der Waals surface area contributed by atoms with Gasteiger partial charge >= 0.3 is 0 Å². The summed E-state index contributed by atoms with van der Waals surface area (Å²) in [6.07, 6.45) is 2.57. The molecule has 90 valence electrons. The average Bonchev–Trinajstić information content (AvgIpc) is 2.76. The van der Waals surface area contributed by atoms with Crippen LogP contribution in [-0.4, -0.2) is 17.7 Å². The van der Waals surface area contributed by atoms with Crippen LogP contribution < -0.4 is 5.32 Å². The molecule has 2 aromatic rings. The third-order valence-corrected chi connectivity index (χ3v) is 3.80. The molecule has 3 rings (SSSR count). The first-order chi connectivity index (χ1) is 8.13. The second-order valence-electron chi connectivity index (χ2n) is 4.66. The van der Waals surface area contributed by atoms with Crippen molar-refractivity contribution in [3.8, 4) is 0 Å². The summed E-state index contributed by atoms with van der Waals surface area (Å²) in [7, 11) is 1.90. The van der Waals surface area contributed by atoms with Crippen LogP contribution in [0.1, 0.15) is 18.5 Å². The smallest absolute Gasteiger partial charge is 0.168 e. The third kappa shape index (κ3) is 1.33. The number of hydrogen-bond acceptors (Lipinski definition) is 1. The maximum absolute atomic E-state index is 13.7. The second kappa shape index (κ2) is 3.53. The largest absolute Gasteiger partial charge is 0.343 e. The molecular formula is C13H14F2N2. The molecule has 2 heterocycles. The molecular weight excluding hydrogens is 222 g/mol. The summed E-state index contributed by atoms with van der Waals surface area (Å²) in [5, 5.41) is 3.61. The number of rotatable bonds is 1. The van der Waals surface area contributed by atoms with Crippen molar-refractivity contribution < 1.29 is 8.78 Å². The number of nitrogens with one attached hydrogen (secondary N) is 1. The quantitative estimate of drug-likeness (QED) is 0.805. The lowest BCUT2D eigenvalue weighted by Gasteiger charge is -2.31. The Morgan fingerprint density at radius 1 is 1.41 bits per heavy atom. The van der Waals surface area contributed by atoms with Gasteiger partial charge in [-0.05, 0) is 38.1 Å². The summed E-state index contributed by atoms with van der Waals surface area (Å²) in [5.74, 6) is -1.49. The van der Waals surface area contributed by atoms with Crippen molar-refractivity contribution in [2.75, 3.05) is 7.05 Å². The minimum atomic E-state index is -0.755. The summed E-state index contributed by atoms with van der Waals surface area (Å²) >= 11 is 0. The van der Waals surface area contributed by atoms with Crippen LogP contribution in [0.4, 0.5) is 8.78 Å². The Labute approximate surface area is 98.2 Å². The maximum Gasteiger partial charge on any atom is 0.168 e. The zero-order valence-electron chi connectivity index (χ0n) is 9.80. The topological polar surface area (TPSA) is 17.0 Å². The monoisotopic (exact) mass is 236 g/mol. The highest BCUT2D eigenvalue weighted by Gasteiger charge is 2.28. The highest BCUT2D eigenvalue weighted by Crippen LogP contribution is 2.34. The molecule has 0 radical (unpaired) electrons. The first-order valence-electron chi connectivity index (χ1n) is 5.78. The molecule has 1 aliphatic heterocycles. The Balaban J connectivity index is 2.32. The normalized spacial score (nSPS) is 23.3. The van der Waals surface area contributed by atoms with E-state index in [0.29, 0.717) is 5.39 Å². The molecule has 0 amide bonds. The molecule has 0 bridgehead atoms. The summed E-state index contributed by atoms with van der Waals surface area (Å²) in [6.45, 7) is 2.09. The molecule has 1 aromatic carbocycles. The molecule has 2 nitrogen and oxygen atoms in total. The Hall–Kier alpha value is -1.42. The van der Waals surface area contributed by atoms with Crippen molar-refractivity contribution in [1.29, 1.82) is 0 Å². The average molecular weight is 236 g/mol. The van der Waals surface area contributed by atoms with E-state index >= 15 is 0 Å². The number of halogens is 2. The molecule has 0 aliphatic carbocycles. The van der Waals surface area contributed by atoms with E-state index in [2.05, 4.69) is 12.2 Å². The van der Waals surface area contributed by atoms with E-state index in [1.807, 2.05) is 17.8 Å². The van der Waals surface area contributed by atoms with Crippen LogP contribution in [0, 0.1) is 11.6 Å². The molecule has 4 heteroatoms. The van der Waals surface area contributed by atoms with E-state index in [-0.39, 0.29) is 12.1 Å². The minimum absolute atomic E-state index is 0.245. The fourth-order valence-corrected chi connectivity index (χ4v) is 2.82. The molecule has 0 saturated heterocycles. The van der Waals surface area contributed by atoms with Crippen LogP contribution in [0.2, 0.25) is 0 Å². The van der Waals surface area contributed by atoms with Crippen molar-refractivity contribution in [3.63, 3.8) is 0 Å². The van der Waals surface area contributed by atoms with Gasteiger partial charge in [0.15, 0.2) is 11.6 Å². The predicted octanol–water partition coefficient (Wildman–Crippen LogP) is 2.62. The van der Waals surface area contributed by atoms with E-state index in [1.165, 1.54) is 6.07 Å². The van der Waals surface area contributed by atoms with Crippen molar-refractivity contribution in [1.82, 2.24) is 9.88 Å². The van der Waals surface area contributed by atoms with E-state index in [0.717, 1.165) is 17.5 Å². The van der Waals surface area contributed by atoms with Gasteiger partial charge in [0, 0.05) is 23.7 Å². The van der Waals surface area contributed by atoms with Gasteiger partial charge in [0.25, 0.3) is 0 Å². The zero-order valence-corrected chi connectivity index (χ0v) is 9.80. The second-order valence-corrected chi connectivity index (χ2v) is 4.66. The lowest BCUT2D eigenvalue weighted by atomic mass is 9.94. The molecule has 0 fully saturated rings. The Morgan fingerprint density at radius 3 is 2.88 bits per heavy atom. The van der Waals surface area contributed by atoms with Gasteiger partial charge in [-0.25, -0.2) is 8.78 Å². The lowest BCUT2D eigenvalue weighted by Crippen LogP contribution is -2.38. The van der Waals surface area contributed by atoms with E-state index < -0.39 is 11.6 Å². The first kappa shape index (κ1) is 10.7. The van der Waals surface area contributed by atoms with Crippen LogP contribution in [0.15, 0.2) is 18.3 Å². The van der Waals surface area contributed by atoms with Gasteiger partial charge < -0.3 is 9.88 Å². The number of benzene rings is 1. The highest BCUT2D eigenvalue weighted by atomic mass is 19.2. The van der Waals surface area contributed by atoms with E-state index in [4.69, 9.17) is 0 Å². The number of nitrogens with zero attached hydrogens (tertiary/aromatic N) is 1. The van der Waals surface area contributed by atoms with Gasteiger partial charge in [0.05, 0.1) is 5.52 Å². The van der Waals surface area contributed by atoms with Gasteiger partial charge in [0.2, 0.25) is 0 Å². The maximum atomic E-state index is 13.7. The SMILES string of the molecule is CN[C@@H]1Cc2cc(F)c(F)c3ccn(c23)[C@H]1C. The van der Waals surface area contributed by atoms with E-state index in [1.54, 1.807) is 6.07 Å². The summed E-state index contributed by atoms with van der Waals surface area (Å²) in [4.78, 5) is 0. The van der Waals surface area contributed by atoms with Gasteiger partial charge in [0.1, 0.15) is 0 Å². The van der Waals surface area contributed by atoms with Crippen LogP contribution in [0.5, 0.6) is 0 Å². The van der Waals surface area contributed by atoms with Crippen LogP contribution >= 0.6 is 0 Å². The summed E-state index contributed by atoms with van der Waals surface area (Å²) in [6, 6.07) is 3.48. The van der Waals surface area contributed by atoms with Crippen molar-refractivity contribution >= 4 is 10.9 Å². The molecule has 0 saturated carbocycles. The number of aromatic nitrogens is 1. The fourth-order valence-electron chi connectivity index (χ4n) is 2.82. The summed E-state index contributed by atoms with van der Waals surface area (Å²) < 4.78 is 29.1. The first-order valence-corrected chi connectivity index (χ1v) is 5.78. The third-order valence-electron chi connectivity index (χ3n) is 3.80. The van der Waals surface area contributed by atoms with Crippen molar-refractivity contribution in [3.05, 3.63) is 35.5 Å². The molecule has 0 unspecified atom stereocenters. The zero-order chi connectivity index (χ0) is 12.2. The standard InChI is InChI=1S/C13H14F2N2/c1-7-11(16-2)6-8-5-10(14)12(15)9-3-4-17(7)13(8)9/h3-5,7,11,16H,6H2,1-2H3/t7-,11+/m0/s1. The highest BCUT2D eigenvalue weighted by molar-refractivity contribution is 5.85. The van der Waals surface area contributed by atoms with Gasteiger partial charge in [-0.2, -0.15) is 0 Å². The van der Waals surface area contributed by atoms with Gasteiger partial charge in [-0.3, -0.25) is 0 Å². The Bertz CT molecular complexity index is 589. The van der Waals surface area contributed by atoms with Crippen LogP contribution in [-0.2, 0) is 6.42 Å². The Morgan fingerprint density at radius 2 is 2.18 bits per heavy atom. The summed E-state index contributed by atoms with van der Waals surface area (Å²) in [5.41, 5.74) is 1.71. The van der Waals surface area contributed by atoms with Crippen molar-refractivity contribution in [2.45, 2.75) is 25.4 Å². The predicted molar refractivity (Wildman–Crippen MR) is 63.1 cm³/mol. The molecule has 1 N–H and O–H groups in total. The fraction of sp³-hybridized carbons (Fsp3) is 0.385. The number of hydrogen-bond donors (Lipinski definition) is 1. The Kier molecular flexibility index (Phi) is 2.23.